The fourth-order valence-electron chi connectivity index (χ4n) is 2.06. The van der Waals surface area contributed by atoms with Gasteiger partial charge in [-0.2, -0.15) is 5.26 Å². The van der Waals surface area contributed by atoms with E-state index in [4.69, 9.17) is 11.6 Å². The van der Waals surface area contributed by atoms with Gasteiger partial charge in [0.1, 0.15) is 0 Å². The lowest BCUT2D eigenvalue weighted by Gasteiger charge is -2.24. The lowest BCUT2D eigenvalue weighted by Crippen LogP contribution is -2.30. The zero-order valence-electron chi connectivity index (χ0n) is 10.4. The van der Waals surface area contributed by atoms with Gasteiger partial charge in [0.05, 0.1) is 16.7 Å². The highest BCUT2D eigenvalue weighted by molar-refractivity contribution is 8.03. The SMILES string of the molecule is CCSC1=C(C#N)[C@H](c2ccc(Cl)cc2)CC(=O)N1. The third-order valence-electron chi connectivity index (χ3n) is 2.92. The Labute approximate surface area is 121 Å². The number of carbonyl (C=O) groups excluding carboxylic acids is 1. The van der Waals surface area contributed by atoms with Crippen molar-refractivity contribution in [1.29, 1.82) is 5.26 Å². The Morgan fingerprint density at radius 3 is 2.74 bits per heavy atom. The fourth-order valence-corrected chi connectivity index (χ4v) is 3.00. The fraction of sp³-hybridized carbons (Fsp3) is 0.286. The van der Waals surface area contributed by atoms with Gasteiger partial charge in [-0.1, -0.05) is 30.7 Å². The number of rotatable bonds is 3. The number of nitrogens with zero attached hydrogens (tertiary/aromatic N) is 1. The van der Waals surface area contributed by atoms with Crippen molar-refractivity contribution in [2.45, 2.75) is 19.3 Å². The van der Waals surface area contributed by atoms with Crippen molar-refractivity contribution in [2.24, 2.45) is 0 Å². The van der Waals surface area contributed by atoms with E-state index >= 15 is 0 Å². The number of hydrogen-bond acceptors (Lipinski definition) is 3. The predicted molar refractivity (Wildman–Crippen MR) is 77.7 cm³/mol. The lowest BCUT2D eigenvalue weighted by molar-refractivity contribution is -0.120. The molecule has 1 atom stereocenters. The predicted octanol–water partition coefficient (Wildman–Crippen LogP) is 3.43. The second-order valence-corrected chi connectivity index (χ2v) is 5.85. The summed E-state index contributed by atoms with van der Waals surface area (Å²) in [5.74, 6) is 0.591. The first kappa shape index (κ1) is 14.0. The second kappa shape index (κ2) is 6.14. The van der Waals surface area contributed by atoms with Crippen LogP contribution in [0.4, 0.5) is 0 Å². The molecule has 1 aromatic carbocycles. The Balaban J connectivity index is 2.42. The van der Waals surface area contributed by atoms with Crippen molar-refractivity contribution in [3.05, 3.63) is 45.5 Å². The molecule has 0 bridgehead atoms. The van der Waals surface area contributed by atoms with Gasteiger partial charge >= 0.3 is 0 Å². The molecule has 19 heavy (non-hydrogen) atoms. The number of halogens is 1. The topological polar surface area (TPSA) is 52.9 Å². The van der Waals surface area contributed by atoms with Crippen molar-refractivity contribution in [2.75, 3.05) is 5.75 Å². The maximum Gasteiger partial charge on any atom is 0.225 e. The number of benzene rings is 1. The number of nitriles is 1. The summed E-state index contributed by atoms with van der Waals surface area (Å²) in [6.07, 6.45) is 0.304. The van der Waals surface area contributed by atoms with Crippen LogP contribution in [0.5, 0.6) is 0 Å². The minimum Gasteiger partial charge on any atom is -0.320 e. The van der Waals surface area contributed by atoms with Gasteiger partial charge in [-0.25, -0.2) is 0 Å². The molecule has 3 nitrogen and oxygen atoms in total. The van der Waals surface area contributed by atoms with Gasteiger partial charge in [-0.05, 0) is 23.4 Å². The second-order valence-electron chi connectivity index (χ2n) is 4.14. The Bertz CT molecular complexity index is 560. The van der Waals surface area contributed by atoms with E-state index in [0.29, 0.717) is 22.0 Å². The summed E-state index contributed by atoms with van der Waals surface area (Å²) in [7, 11) is 0. The molecule has 1 heterocycles. The van der Waals surface area contributed by atoms with Crippen molar-refractivity contribution >= 4 is 29.3 Å². The molecule has 1 N–H and O–H groups in total. The molecule has 0 aromatic heterocycles. The summed E-state index contributed by atoms with van der Waals surface area (Å²) >= 11 is 7.36. The van der Waals surface area contributed by atoms with Crippen LogP contribution < -0.4 is 5.32 Å². The summed E-state index contributed by atoms with van der Waals surface area (Å²) in [6.45, 7) is 1.99. The smallest absolute Gasteiger partial charge is 0.225 e. The first-order valence-corrected chi connectivity index (χ1v) is 7.34. The minimum absolute atomic E-state index is 0.0464. The summed E-state index contributed by atoms with van der Waals surface area (Å²) < 4.78 is 0. The number of allylic oxidation sites excluding steroid dienone is 1. The number of hydrogen-bond donors (Lipinski definition) is 1. The Morgan fingerprint density at radius 1 is 1.47 bits per heavy atom. The van der Waals surface area contributed by atoms with Crippen molar-refractivity contribution < 1.29 is 4.79 Å². The molecule has 0 radical (unpaired) electrons. The molecule has 1 aliphatic rings. The van der Waals surface area contributed by atoms with Gasteiger partial charge in [0.2, 0.25) is 5.91 Å². The molecule has 2 rings (SSSR count). The molecule has 0 spiro atoms. The van der Waals surface area contributed by atoms with Gasteiger partial charge in [0, 0.05) is 17.4 Å². The molecule has 0 fully saturated rings. The molecule has 98 valence electrons. The molecule has 0 saturated heterocycles. The van der Waals surface area contributed by atoms with E-state index in [1.165, 1.54) is 11.8 Å². The molecule has 0 aliphatic carbocycles. The Morgan fingerprint density at radius 2 is 2.16 bits per heavy atom. The van der Waals surface area contributed by atoms with Crippen LogP contribution in [0.25, 0.3) is 0 Å². The van der Waals surface area contributed by atoms with Gasteiger partial charge < -0.3 is 5.32 Å². The number of amides is 1. The van der Waals surface area contributed by atoms with Gasteiger partial charge in [-0.3, -0.25) is 4.79 Å². The third kappa shape index (κ3) is 3.12. The Hall–Kier alpha value is -1.44. The normalized spacial score (nSPS) is 19.0. The van der Waals surface area contributed by atoms with E-state index in [0.717, 1.165) is 11.3 Å². The molecule has 1 aliphatic heterocycles. The zero-order valence-corrected chi connectivity index (χ0v) is 12.0. The highest BCUT2D eigenvalue weighted by Gasteiger charge is 2.29. The molecule has 0 unspecified atom stereocenters. The third-order valence-corrected chi connectivity index (χ3v) is 4.07. The molecule has 1 amide bonds. The monoisotopic (exact) mass is 292 g/mol. The van der Waals surface area contributed by atoms with Crippen molar-refractivity contribution in [3.8, 4) is 6.07 Å². The molecular weight excluding hydrogens is 280 g/mol. The van der Waals surface area contributed by atoms with Crippen LogP contribution in [-0.2, 0) is 4.79 Å². The van der Waals surface area contributed by atoms with Crippen LogP contribution in [0, 0.1) is 11.3 Å². The maximum atomic E-state index is 11.8. The van der Waals surface area contributed by atoms with Gasteiger partial charge in [0.15, 0.2) is 0 Å². The highest BCUT2D eigenvalue weighted by atomic mass is 35.5. The van der Waals surface area contributed by atoms with E-state index in [-0.39, 0.29) is 11.8 Å². The first-order valence-electron chi connectivity index (χ1n) is 5.98. The van der Waals surface area contributed by atoms with E-state index in [9.17, 15) is 10.1 Å². The number of thioether (sulfide) groups is 1. The largest absolute Gasteiger partial charge is 0.320 e. The van der Waals surface area contributed by atoms with Crippen molar-refractivity contribution in [3.63, 3.8) is 0 Å². The standard InChI is InChI=1S/C14H13ClN2OS/c1-2-19-14-12(8-16)11(7-13(18)17-14)9-3-5-10(15)6-4-9/h3-6,11H,2,7H2,1H3,(H,17,18)/t11-/m0/s1. The average molecular weight is 293 g/mol. The van der Waals surface area contributed by atoms with Crippen LogP contribution in [0.2, 0.25) is 5.02 Å². The van der Waals surface area contributed by atoms with E-state index in [1.54, 1.807) is 12.1 Å². The van der Waals surface area contributed by atoms with E-state index in [1.807, 2.05) is 19.1 Å². The minimum atomic E-state index is -0.176. The zero-order chi connectivity index (χ0) is 13.8. The molecule has 1 aromatic rings. The summed E-state index contributed by atoms with van der Waals surface area (Å²) in [6, 6.07) is 9.54. The summed E-state index contributed by atoms with van der Waals surface area (Å²) in [5.41, 5.74) is 1.58. The summed E-state index contributed by atoms with van der Waals surface area (Å²) in [4.78, 5) is 11.8. The van der Waals surface area contributed by atoms with Crippen molar-refractivity contribution in [1.82, 2.24) is 5.32 Å². The number of nitrogens with one attached hydrogen (secondary N) is 1. The van der Waals surface area contributed by atoms with E-state index < -0.39 is 0 Å². The Kier molecular flexibility index (Phi) is 4.52. The van der Waals surface area contributed by atoms with Crippen LogP contribution in [-0.4, -0.2) is 11.7 Å². The van der Waals surface area contributed by atoms with Crippen LogP contribution >= 0.6 is 23.4 Å². The summed E-state index contributed by atoms with van der Waals surface area (Å²) in [5, 5.41) is 13.5. The van der Waals surface area contributed by atoms with Gasteiger partial charge in [-0.15, -0.1) is 11.8 Å². The first-order chi connectivity index (χ1) is 9.15. The molecular formula is C14H13ClN2OS. The van der Waals surface area contributed by atoms with Crippen LogP contribution in [0.3, 0.4) is 0 Å². The number of carbonyl (C=O) groups is 1. The molecule has 0 saturated carbocycles. The quantitative estimate of drug-likeness (QED) is 0.928. The van der Waals surface area contributed by atoms with Gasteiger partial charge in [0.25, 0.3) is 0 Å². The average Bonchev–Trinajstić information content (AvgIpc) is 2.39. The van der Waals surface area contributed by atoms with Crippen LogP contribution in [0.15, 0.2) is 34.9 Å². The highest BCUT2D eigenvalue weighted by Crippen LogP contribution is 2.36. The maximum absolute atomic E-state index is 11.8. The van der Waals surface area contributed by atoms with Crippen LogP contribution in [0.1, 0.15) is 24.8 Å². The lowest BCUT2D eigenvalue weighted by atomic mass is 9.87. The van der Waals surface area contributed by atoms with E-state index in [2.05, 4.69) is 11.4 Å². The molecule has 5 heteroatoms.